The van der Waals surface area contributed by atoms with E-state index in [0.717, 1.165) is 12.1 Å². The Morgan fingerprint density at radius 3 is 2.29 bits per heavy atom. The van der Waals surface area contributed by atoms with Crippen molar-refractivity contribution in [1.82, 2.24) is 4.90 Å². The zero-order chi connectivity index (χ0) is 15.2. The Bertz CT molecular complexity index is 556. The van der Waals surface area contributed by atoms with E-state index in [9.17, 15) is 4.39 Å². The minimum Gasteiger partial charge on any atom is -0.330 e. The minimum atomic E-state index is -0.152. The highest BCUT2D eigenvalue weighted by atomic mass is 19.1. The lowest BCUT2D eigenvalue weighted by Gasteiger charge is -2.29. The van der Waals surface area contributed by atoms with Gasteiger partial charge in [-0.1, -0.05) is 48.5 Å². The van der Waals surface area contributed by atoms with Crippen molar-refractivity contribution in [2.75, 3.05) is 20.1 Å². The van der Waals surface area contributed by atoms with E-state index in [1.807, 2.05) is 44.3 Å². The van der Waals surface area contributed by atoms with Gasteiger partial charge >= 0.3 is 0 Å². The van der Waals surface area contributed by atoms with Crippen LogP contribution in [0.5, 0.6) is 0 Å². The van der Waals surface area contributed by atoms with Gasteiger partial charge in [0, 0.05) is 30.6 Å². The standard InChI is InChI=1S/C18H23FN2/c1-14(17-10-6-7-11-18(17)19)21(2)13-16(12-20)15-8-4-3-5-9-15/h3-11,14,16H,12-13,20H2,1-2H3. The highest BCUT2D eigenvalue weighted by Crippen LogP contribution is 2.24. The average molecular weight is 286 g/mol. The summed E-state index contributed by atoms with van der Waals surface area (Å²) in [6.45, 7) is 3.41. The molecule has 0 aliphatic rings. The van der Waals surface area contributed by atoms with Crippen LogP contribution in [0.15, 0.2) is 54.6 Å². The second-order valence-corrected chi connectivity index (χ2v) is 5.48. The Balaban J connectivity index is 2.09. The molecular weight excluding hydrogens is 263 g/mol. The molecule has 0 fully saturated rings. The number of benzene rings is 2. The summed E-state index contributed by atoms with van der Waals surface area (Å²) in [6, 6.07) is 17.2. The number of halogens is 1. The summed E-state index contributed by atoms with van der Waals surface area (Å²) in [4.78, 5) is 2.16. The van der Waals surface area contributed by atoms with Crippen LogP contribution in [0, 0.1) is 5.82 Å². The third-order valence-electron chi connectivity index (χ3n) is 4.08. The highest BCUT2D eigenvalue weighted by molar-refractivity contribution is 5.22. The normalized spacial score (nSPS) is 14.1. The Morgan fingerprint density at radius 2 is 1.67 bits per heavy atom. The van der Waals surface area contributed by atoms with Crippen LogP contribution in [0.1, 0.15) is 30.0 Å². The average Bonchev–Trinajstić information content (AvgIpc) is 2.53. The van der Waals surface area contributed by atoms with Gasteiger partial charge in [0.05, 0.1) is 0 Å². The van der Waals surface area contributed by atoms with Gasteiger partial charge in [-0.3, -0.25) is 4.90 Å². The van der Waals surface area contributed by atoms with Crippen molar-refractivity contribution in [3.63, 3.8) is 0 Å². The molecular formula is C18H23FN2. The van der Waals surface area contributed by atoms with Crippen molar-refractivity contribution in [3.8, 4) is 0 Å². The molecule has 2 rings (SSSR count). The maximum atomic E-state index is 13.9. The molecule has 2 aromatic rings. The number of nitrogens with zero attached hydrogens (tertiary/aromatic N) is 1. The summed E-state index contributed by atoms with van der Waals surface area (Å²) in [5.41, 5.74) is 7.88. The first-order chi connectivity index (χ1) is 10.1. The van der Waals surface area contributed by atoms with Gasteiger partial charge in [-0.15, -0.1) is 0 Å². The summed E-state index contributed by atoms with van der Waals surface area (Å²) in [5.74, 6) is 0.103. The van der Waals surface area contributed by atoms with E-state index >= 15 is 0 Å². The van der Waals surface area contributed by atoms with Gasteiger partial charge in [-0.05, 0) is 25.6 Å². The zero-order valence-corrected chi connectivity index (χ0v) is 12.7. The monoisotopic (exact) mass is 286 g/mol. The van der Waals surface area contributed by atoms with Crippen molar-refractivity contribution in [3.05, 3.63) is 71.5 Å². The smallest absolute Gasteiger partial charge is 0.127 e. The molecule has 112 valence electrons. The summed E-state index contributed by atoms with van der Waals surface area (Å²) >= 11 is 0. The first-order valence-corrected chi connectivity index (χ1v) is 7.33. The van der Waals surface area contributed by atoms with E-state index in [0.29, 0.717) is 6.54 Å². The second-order valence-electron chi connectivity index (χ2n) is 5.48. The number of hydrogen-bond acceptors (Lipinski definition) is 2. The summed E-state index contributed by atoms with van der Waals surface area (Å²) < 4.78 is 13.9. The molecule has 0 aliphatic carbocycles. The van der Waals surface area contributed by atoms with Gasteiger partial charge in [0.1, 0.15) is 5.82 Å². The molecule has 0 heterocycles. The number of hydrogen-bond donors (Lipinski definition) is 1. The first kappa shape index (κ1) is 15.7. The molecule has 2 N–H and O–H groups in total. The first-order valence-electron chi connectivity index (χ1n) is 7.33. The fourth-order valence-corrected chi connectivity index (χ4v) is 2.60. The van der Waals surface area contributed by atoms with Crippen molar-refractivity contribution >= 4 is 0 Å². The second kappa shape index (κ2) is 7.34. The number of rotatable bonds is 6. The number of likely N-dealkylation sites (N-methyl/N-ethyl adjacent to an activating group) is 1. The van der Waals surface area contributed by atoms with E-state index in [1.54, 1.807) is 6.07 Å². The zero-order valence-electron chi connectivity index (χ0n) is 12.7. The molecule has 0 bridgehead atoms. The fourth-order valence-electron chi connectivity index (χ4n) is 2.60. The summed E-state index contributed by atoms with van der Waals surface area (Å²) in [7, 11) is 2.02. The maximum absolute atomic E-state index is 13.9. The molecule has 0 amide bonds. The molecule has 0 saturated carbocycles. The third-order valence-corrected chi connectivity index (χ3v) is 4.08. The van der Waals surface area contributed by atoms with Gasteiger partial charge < -0.3 is 5.73 Å². The molecule has 21 heavy (non-hydrogen) atoms. The van der Waals surface area contributed by atoms with Crippen molar-refractivity contribution in [1.29, 1.82) is 0 Å². The van der Waals surface area contributed by atoms with E-state index in [2.05, 4.69) is 17.0 Å². The van der Waals surface area contributed by atoms with Crippen molar-refractivity contribution < 1.29 is 4.39 Å². The molecule has 0 radical (unpaired) electrons. The van der Waals surface area contributed by atoms with Crippen LogP contribution in [0.4, 0.5) is 4.39 Å². The predicted molar refractivity (Wildman–Crippen MR) is 85.7 cm³/mol. The van der Waals surface area contributed by atoms with Gasteiger partial charge in [-0.2, -0.15) is 0 Å². The Labute approximate surface area is 126 Å². The molecule has 2 nitrogen and oxygen atoms in total. The van der Waals surface area contributed by atoms with Crippen molar-refractivity contribution in [2.24, 2.45) is 5.73 Å². The molecule has 0 saturated heterocycles. The van der Waals surface area contributed by atoms with E-state index < -0.39 is 0 Å². The van der Waals surface area contributed by atoms with E-state index in [4.69, 9.17) is 5.73 Å². The van der Waals surface area contributed by atoms with Crippen LogP contribution in [-0.2, 0) is 0 Å². The SMILES string of the molecule is CC(c1ccccc1F)N(C)CC(CN)c1ccccc1. The molecule has 0 aromatic heterocycles. The Hall–Kier alpha value is -1.71. The van der Waals surface area contributed by atoms with Crippen LogP contribution < -0.4 is 5.73 Å². The molecule has 3 heteroatoms. The van der Waals surface area contributed by atoms with Gasteiger partial charge in [0.25, 0.3) is 0 Å². The van der Waals surface area contributed by atoms with Gasteiger partial charge in [0.2, 0.25) is 0 Å². The van der Waals surface area contributed by atoms with E-state index in [-0.39, 0.29) is 17.8 Å². The largest absolute Gasteiger partial charge is 0.330 e. The van der Waals surface area contributed by atoms with Gasteiger partial charge in [-0.25, -0.2) is 4.39 Å². The highest BCUT2D eigenvalue weighted by Gasteiger charge is 2.19. The summed E-state index contributed by atoms with van der Waals surface area (Å²) in [6.07, 6.45) is 0. The lowest BCUT2D eigenvalue weighted by atomic mass is 9.97. The lowest BCUT2D eigenvalue weighted by Crippen LogP contribution is -2.31. The molecule has 0 aliphatic heterocycles. The van der Waals surface area contributed by atoms with Crippen molar-refractivity contribution in [2.45, 2.75) is 18.9 Å². The topological polar surface area (TPSA) is 29.3 Å². The predicted octanol–water partition coefficient (Wildman–Crippen LogP) is 3.56. The fraction of sp³-hybridized carbons (Fsp3) is 0.333. The van der Waals surface area contributed by atoms with Crippen LogP contribution in [-0.4, -0.2) is 25.0 Å². The van der Waals surface area contributed by atoms with E-state index in [1.165, 1.54) is 11.6 Å². The molecule has 0 spiro atoms. The van der Waals surface area contributed by atoms with Crippen LogP contribution in [0.3, 0.4) is 0 Å². The van der Waals surface area contributed by atoms with Crippen LogP contribution in [0.2, 0.25) is 0 Å². The van der Waals surface area contributed by atoms with Gasteiger partial charge in [0.15, 0.2) is 0 Å². The molecule has 2 atom stereocenters. The number of nitrogens with two attached hydrogens (primary N) is 1. The maximum Gasteiger partial charge on any atom is 0.127 e. The van der Waals surface area contributed by atoms with Crippen LogP contribution >= 0.6 is 0 Å². The minimum absolute atomic E-state index is 0.0176. The quantitative estimate of drug-likeness (QED) is 0.879. The molecule has 2 aromatic carbocycles. The summed E-state index contributed by atoms with van der Waals surface area (Å²) in [5, 5.41) is 0. The Morgan fingerprint density at radius 1 is 1.05 bits per heavy atom. The molecule has 2 unspecified atom stereocenters. The van der Waals surface area contributed by atoms with Crippen LogP contribution in [0.25, 0.3) is 0 Å². The lowest BCUT2D eigenvalue weighted by molar-refractivity contribution is 0.241. The third kappa shape index (κ3) is 3.90. The Kier molecular flexibility index (Phi) is 5.48.